The van der Waals surface area contributed by atoms with Crippen LogP contribution in [0.1, 0.15) is 80.1 Å². The Bertz CT molecular complexity index is 427. The van der Waals surface area contributed by atoms with Gasteiger partial charge in [0, 0.05) is 23.1 Å². The third-order valence-corrected chi connectivity index (χ3v) is 4.19. The van der Waals surface area contributed by atoms with Gasteiger partial charge in [0.2, 0.25) is 0 Å². The van der Waals surface area contributed by atoms with Gasteiger partial charge in [0.05, 0.1) is 5.69 Å². The summed E-state index contributed by atoms with van der Waals surface area (Å²) in [4.78, 5) is 0. The van der Waals surface area contributed by atoms with Crippen molar-refractivity contribution in [3.05, 3.63) is 17.5 Å². The largest absolute Gasteiger partial charge is 0.268 e. The van der Waals surface area contributed by atoms with Gasteiger partial charge in [0.1, 0.15) is 0 Å². The monoisotopic (exact) mass is 278 g/mol. The van der Waals surface area contributed by atoms with Crippen molar-refractivity contribution in [1.29, 1.82) is 0 Å². The molecule has 0 amide bonds. The molecule has 116 valence electrons. The van der Waals surface area contributed by atoms with Crippen LogP contribution < -0.4 is 0 Å². The summed E-state index contributed by atoms with van der Waals surface area (Å²) in [5.41, 5.74) is 2.83. The van der Waals surface area contributed by atoms with E-state index in [9.17, 15) is 0 Å². The summed E-state index contributed by atoms with van der Waals surface area (Å²) in [6, 6.07) is 2.31. The van der Waals surface area contributed by atoms with E-state index in [2.05, 4.69) is 73.1 Å². The standard InChI is InChI=1S/C18H34N2/c1-10-14(13(2)3)12-20-16(18(7,8)9)11-15(19-20)17(4,5)6/h11,13-14H,10,12H2,1-9H3. The average molecular weight is 278 g/mol. The van der Waals surface area contributed by atoms with Crippen molar-refractivity contribution < 1.29 is 0 Å². The zero-order valence-corrected chi connectivity index (χ0v) is 15.0. The maximum atomic E-state index is 4.93. The van der Waals surface area contributed by atoms with Gasteiger partial charge in [-0.3, -0.25) is 4.68 Å². The Labute approximate surface area is 126 Å². The Kier molecular flexibility index (Phi) is 5.10. The van der Waals surface area contributed by atoms with Crippen LogP contribution in [-0.2, 0) is 17.4 Å². The Morgan fingerprint density at radius 3 is 1.95 bits per heavy atom. The Hall–Kier alpha value is -0.790. The topological polar surface area (TPSA) is 17.8 Å². The first-order valence-electron chi connectivity index (χ1n) is 8.05. The molecule has 1 aromatic rings. The van der Waals surface area contributed by atoms with E-state index in [1.165, 1.54) is 17.8 Å². The SMILES string of the molecule is CCC(Cn1nc(C(C)(C)C)cc1C(C)(C)C)C(C)C. The van der Waals surface area contributed by atoms with Crippen molar-refractivity contribution in [3.8, 4) is 0 Å². The first-order valence-corrected chi connectivity index (χ1v) is 8.05. The highest BCUT2D eigenvalue weighted by molar-refractivity contribution is 5.22. The zero-order chi connectivity index (χ0) is 15.7. The predicted octanol–water partition coefficient (Wildman–Crippen LogP) is 5.16. The second-order valence-corrected chi connectivity index (χ2v) is 8.51. The van der Waals surface area contributed by atoms with Gasteiger partial charge in [-0.2, -0.15) is 5.10 Å². The van der Waals surface area contributed by atoms with Crippen molar-refractivity contribution >= 4 is 0 Å². The van der Waals surface area contributed by atoms with Crippen molar-refractivity contribution in [1.82, 2.24) is 9.78 Å². The van der Waals surface area contributed by atoms with Crippen LogP contribution in [0.5, 0.6) is 0 Å². The maximum absolute atomic E-state index is 4.93. The Morgan fingerprint density at radius 2 is 1.60 bits per heavy atom. The molecule has 0 aliphatic carbocycles. The minimum Gasteiger partial charge on any atom is -0.268 e. The second-order valence-electron chi connectivity index (χ2n) is 8.51. The molecule has 1 unspecified atom stereocenters. The van der Waals surface area contributed by atoms with Crippen LogP contribution in [0.15, 0.2) is 6.07 Å². The molecular formula is C18H34N2. The number of aromatic nitrogens is 2. The lowest BCUT2D eigenvalue weighted by atomic mass is 9.87. The van der Waals surface area contributed by atoms with Gasteiger partial charge < -0.3 is 0 Å². The van der Waals surface area contributed by atoms with Crippen molar-refractivity contribution in [2.45, 2.75) is 86.1 Å². The molecule has 1 atom stereocenters. The first-order chi connectivity index (χ1) is 8.96. The fourth-order valence-electron chi connectivity index (χ4n) is 2.56. The number of nitrogens with zero attached hydrogens (tertiary/aromatic N) is 2. The molecule has 0 N–H and O–H groups in total. The normalized spacial score (nSPS) is 14.9. The molecule has 0 radical (unpaired) electrons. The van der Waals surface area contributed by atoms with Crippen LogP contribution in [0.25, 0.3) is 0 Å². The summed E-state index contributed by atoms with van der Waals surface area (Å²) < 4.78 is 2.27. The van der Waals surface area contributed by atoms with Crippen molar-refractivity contribution in [2.24, 2.45) is 11.8 Å². The van der Waals surface area contributed by atoms with Crippen molar-refractivity contribution in [3.63, 3.8) is 0 Å². The van der Waals surface area contributed by atoms with E-state index in [4.69, 9.17) is 5.10 Å². The van der Waals surface area contributed by atoms with Gasteiger partial charge in [0.15, 0.2) is 0 Å². The molecule has 20 heavy (non-hydrogen) atoms. The number of hydrogen-bond donors (Lipinski definition) is 0. The first kappa shape index (κ1) is 17.3. The molecule has 1 aromatic heterocycles. The van der Waals surface area contributed by atoms with Crippen LogP contribution in [0.3, 0.4) is 0 Å². The van der Waals surface area contributed by atoms with Gasteiger partial charge in [-0.05, 0) is 17.9 Å². The Balaban J connectivity index is 3.20. The van der Waals surface area contributed by atoms with Crippen LogP contribution >= 0.6 is 0 Å². The second kappa shape index (κ2) is 5.91. The fraction of sp³-hybridized carbons (Fsp3) is 0.833. The minimum atomic E-state index is 0.116. The van der Waals surface area contributed by atoms with Gasteiger partial charge in [-0.1, -0.05) is 68.7 Å². The molecule has 1 heterocycles. The van der Waals surface area contributed by atoms with E-state index in [1.54, 1.807) is 0 Å². The number of hydrogen-bond acceptors (Lipinski definition) is 1. The lowest BCUT2D eigenvalue weighted by Crippen LogP contribution is -2.23. The number of rotatable bonds is 4. The van der Waals surface area contributed by atoms with Gasteiger partial charge in [-0.15, -0.1) is 0 Å². The highest BCUT2D eigenvalue weighted by Gasteiger charge is 2.27. The molecular weight excluding hydrogens is 244 g/mol. The third-order valence-electron chi connectivity index (χ3n) is 4.19. The third kappa shape index (κ3) is 4.10. The quantitative estimate of drug-likeness (QED) is 0.744. The zero-order valence-electron chi connectivity index (χ0n) is 15.0. The molecule has 2 nitrogen and oxygen atoms in total. The smallest absolute Gasteiger partial charge is 0.0681 e. The molecule has 0 bridgehead atoms. The Morgan fingerprint density at radius 1 is 1.05 bits per heavy atom. The summed E-state index contributed by atoms with van der Waals surface area (Å²) in [6.45, 7) is 21.5. The van der Waals surface area contributed by atoms with Gasteiger partial charge in [-0.25, -0.2) is 0 Å². The van der Waals surface area contributed by atoms with Crippen molar-refractivity contribution in [2.75, 3.05) is 0 Å². The van der Waals surface area contributed by atoms with E-state index in [0.717, 1.165) is 6.54 Å². The minimum absolute atomic E-state index is 0.116. The summed E-state index contributed by atoms with van der Waals surface area (Å²) in [7, 11) is 0. The summed E-state index contributed by atoms with van der Waals surface area (Å²) in [5, 5.41) is 4.93. The van der Waals surface area contributed by atoms with Crippen LogP contribution in [0, 0.1) is 11.8 Å². The maximum Gasteiger partial charge on any atom is 0.0681 e. The predicted molar refractivity (Wildman–Crippen MR) is 88.2 cm³/mol. The molecule has 0 aromatic carbocycles. The highest BCUT2D eigenvalue weighted by atomic mass is 15.3. The lowest BCUT2D eigenvalue weighted by molar-refractivity contribution is 0.298. The van der Waals surface area contributed by atoms with E-state index in [1.807, 2.05) is 0 Å². The van der Waals surface area contributed by atoms with E-state index < -0.39 is 0 Å². The summed E-state index contributed by atoms with van der Waals surface area (Å²) in [6.07, 6.45) is 1.21. The summed E-state index contributed by atoms with van der Waals surface area (Å²) in [5.74, 6) is 1.40. The lowest BCUT2D eigenvalue weighted by Gasteiger charge is -2.24. The summed E-state index contributed by atoms with van der Waals surface area (Å²) >= 11 is 0. The van der Waals surface area contributed by atoms with Gasteiger partial charge >= 0.3 is 0 Å². The molecule has 0 aliphatic rings. The molecule has 1 rings (SSSR count). The highest BCUT2D eigenvalue weighted by Crippen LogP contribution is 2.30. The van der Waals surface area contributed by atoms with Gasteiger partial charge in [0.25, 0.3) is 0 Å². The fourth-order valence-corrected chi connectivity index (χ4v) is 2.56. The molecule has 2 heteroatoms. The molecule has 0 fully saturated rings. The van der Waals surface area contributed by atoms with E-state index in [0.29, 0.717) is 11.8 Å². The van der Waals surface area contributed by atoms with E-state index >= 15 is 0 Å². The average Bonchev–Trinajstić information content (AvgIpc) is 2.68. The molecule has 0 spiro atoms. The molecule has 0 saturated heterocycles. The van der Waals surface area contributed by atoms with E-state index in [-0.39, 0.29) is 10.8 Å². The van der Waals surface area contributed by atoms with Crippen LogP contribution in [0.2, 0.25) is 0 Å². The molecule has 0 aliphatic heterocycles. The van der Waals surface area contributed by atoms with Crippen LogP contribution in [0.4, 0.5) is 0 Å². The molecule has 0 saturated carbocycles. The van der Waals surface area contributed by atoms with Crippen LogP contribution in [-0.4, -0.2) is 9.78 Å².